The number of ether oxygens (including phenoxy) is 2. The highest BCUT2D eigenvalue weighted by molar-refractivity contribution is 9.10. The van der Waals surface area contributed by atoms with Gasteiger partial charge in [0.1, 0.15) is 17.5 Å². The predicted molar refractivity (Wildman–Crippen MR) is 138 cm³/mol. The number of benzene rings is 3. The van der Waals surface area contributed by atoms with Crippen molar-refractivity contribution in [1.82, 2.24) is 10.2 Å². The van der Waals surface area contributed by atoms with E-state index < -0.39 is 6.04 Å². The van der Waals surface area contributed by atoms with Crippen molar-refractivity contribution in [2.24, 2.45) is 0 Å². The Balaban J connectivity index is 1.76. The first kappa shape index (κ1) is 25.6. The van der Waals surface area contributed by atoms with Crippen molar-refractivity contribution in [3.05, 3.63) is 70.7 Å². The molecule has 34 heavy (non-hydrogen) atoms. The Bertz CT molecular complexity index is 1120. The van der Waals surface area contributed by atoms with Crippen LogP contribution >= 0.6 is 15.9 Å². The minimum Gasteiger partial charge on any atom is -0.497 e. The van der Waals surface area contributed by atoms with Crippen molar-refractivity contribution in [1.29, 1.82) is 0 Å². The van der Waals surface area contributed by atoms with Crippen molar-refractivity contribution in [3.63, 3.8) is 0 Å². The summed E-state index contributed by atoms with van der Waals surface area (Å²) in [5.41, 5.74) is 0.897. The van der Waals surface area contributed by atoms with Gasteiger partial charge in [-0.15, -0.1) is 0 Å². The van der Waals surface area contributed by atoms with Gasteiger partial charge in [0.2, 0.25) is 5.91 Å². The van der Waals surface area contributed by atoms with Crippen LogP contribution < -0.4 is 14.8 Å². The summed E-state index contributed by atoms with van der Waals surface area (Å²) in [7, 11) is 1.61. The molecule has 1 atom stereocenters. The monoisotopic (exact) mass is 526 g/mol. The number of hydrogen-bond donors (Lipinski definition) is 1. The van der Waals surface area contributed by atoms with E-state index in [0.717, 1.165) is 39.4 Å². The minimum absolute atomic E-state index is 0.179. The number of halogens is 1. The third-order valence-electron chi connectivity index (χ3n) is 5.69. The summed E-state index contributed by atoms with van der Waals surface area (Å²) in [6.07, 6.45) is 1.88. The second-order valence-electron chi connectivity index (χ2n) is 8.08. The molecule has 0 bridgehead atoms. The van der Waals surface area contributed by atoms with E-state index in [4.69, 9.17) is 9.47 Å². The van der Waals surface area contributed by atoms with Gasteiger partial charge in [-0.25, -0.2) is 0 Å². The molecule has 0 heterocycles. The molecule has 0 radical (unpaired) electrons. The van der Waals surface area contributed by atoms with Gasteiger partial charge in [-0.05, 0) is 63.8 Å². The molecule has 0 aliphatic heterocycles. The van der Waals surface area contributed by atoms with Gasteiger partial charge < -0.3 is 19.7 Å². The quantitative estimate of drug-likeness (QED) is 0.343. The highest BCUT2D eigenvalue weighted by Crippen LogP contribution is 2.33. The maximum Gasteiger partial charge on any atom is 0.261 e. The predicted octanol–water partition coefficient (Wildman–Crippen LogP) is 5.32. The van der Waals surface area contributed by atoms with Gasteiger partial charge in [0.15, 0.2) is 6.61 Å². The minimum atomic E-state index is -0.643. The third-order valence-corrected chi connectivity index (χ3v) is 6.51. The van der Waals surface area contributed by atoms with E-state index in [2.05, 4.69) is 28.2 Å². The van der Waals surface area contributed by atoms with Gasteiger partial charge in [-0.2, -0.15) is 0 Å². The largest absolute Gasteiger partial charge is 0.497 e. The number of rotatable bonds is 11. The standard InChI is InChI=1S/C27H31BrN2O4/c1-4-5-16-29-27(32)19(2)30(17-20-10-13-22(33-3)14-11-20)25(31)18-34-24-15-12-21-8-6-7-9-23(21)26(24)28/h6-15,19H,4-5,16-18H2,1-3H3,(H,29,32). The van der Waals surface area contributed by atoms with Crippen LogP contribution in [0, 0.1) is 0 Å². The molecule has 3 rings (SSSR count). The van der Waals surface area contributed by atoms with Crippen LogP contribution in [0.4, 0.5) is 0 Å². The zero-order valence-corrected chi connectivity index (χ0v) is 21.4. The number of carbonyl (C=O) groups is 2. The summed E-state index contributed by atoms with van der Waals surface area (Å²) in [4.78, 5) is 27.6. The van der Waals surface area contributed by atoms with Crippen LogP contribution in [0.3, 0.4) is 0 Å². The van der Waals surface area contributed by atoms with Crippen LogP contribution in [0.5, 0.6) is 11.5 Å². The maximum atomic E-state index is 13.3. The van der Waals surface area contributed by atoms with Gasteiger partial charge in [0, 0.05) is 13.1 Å². The van der Waals surface area contributed by atoms with E-state index in [1.54, 1.807) is 18.9 Å². The summed E-state index contributed by atoms with van der Waals surface area (Å²) < 4.78 is 11.9. The topological polar surface area (TPSA) is 67.9 Å². The normalized spacial score (nSPS) is 11.6. The molecule has 2 amide bonds. The first-order chi connectivity index (χ1) is 16.4. The summed E-state index contributed by atoms with van der Waals surface area (Å²) in [5.74, 6) is 0.865. The van der Waals surface area contributed by atoms with Crippen LogP contribution in [-0.4, -0.2) is 43.0 Å². The number of hydrogen-bond acceptors (Lipinski definition) is 4. The summed E-state index contributed by atoms with van der Waals surface area (Å²) >= 11 is 3.60. The SMILES string of the molecule is CCCCNC(=O)C(C)N(Cc1ccc(OC)cc1)C(=O)COc1ccc2ccccc2c1Br. The summed E-state index contributed by atoms with van der Waals surface area (Å²) in [5, 5.41) is 5.01. The molecule has 1 unspecified atom stereocenters. The fourth-order valence-corrected chi connectivity index (χ4v) is 4.20. The molecule has 0 fully saturated rings. The average Bonchev–Trinajstić information content (AvgIpc) is 2.87. The van der Waals surface area contributed by atoms with E-state index in [1.807, 2.05) is 60.7 Å². The lowest BCUT2D eigenvalue weighted by atomic mass is 10.1. The molecule has 6 nitrogen and oxygen atoms in total. The maximum absolute atomic E-state index is 13.3. The molecular formula is C27H31BrN2O4. The Morgan fingerprint density at radius 2 is 1.79 bits per heavy atom. The van der Waals surface area contributed by atoms with E-state index >= 15 is 0 Å². The fourth-order valence-electron chi connectivity index (χ4n) is 3.59. The molecule has 0 saturated carbocycles. The van der Waals surface area contributed by atoms with Gasteiger partial charge in [-0.3, -0.25) is 9.59 Å². The Hall–Kier alpha value is -3.06. The van der Waals surface area contributed by atoms with Gasteiger partial charge in [0.25, 0.3) is 5.91 Å². The molecule has 0 aliphatic carbocycles. The van der Waals surface area contributed by atoms with Crippen LogP contribution in [0.15, 0.2) is 65.1 Å². The van der Waals surface area contributed by atoms with Crippen molar-refractivity contribution in [2.75, 3.05) is 20.3 Å². The fraction of sp³-hybridized carbons (Fsp3) is 0.333. The van der Waals surface area contributed by atoms with Crippen LogP contribution in [-0.2, 0) is 16.1 Å². The lowest BCUT2D eigenvalue weighted by Gasteiger charge is -2.29. The number of nitrogens with one attached hydrogen (secondary N) is 1. The molecule has 3 aromatic carbocycles. The van der Waals surface area contributed by atoms with Crippen LogP contribution in [0.1, 0.15) is 32.3 Å². The second-order valence-corrected chi connectivity index (χ2v) is 8.87. The summed E-state index contributed by atoms with van der Waals surface area (Å²) in [6.45, 7) is 4.50. The molecule has 180 valence electrons. The molecule has 1 N–H and O–H groups in total. The van der Waals surface area contributed by atoms with E-state index in [1.165, 1.54) is 0 Å². The number of amides is 2. The molecule has 7 heteroatoms. The van der Waals surface area contributed by atoms with E-state index in [9.17, 15) is 9.59 Å². The first-order valence-corrected chi connectivity index (χ1v) is 12.2. The number of unbranched alkanes of at least 4 members (excludes halogenated alkanes) is 1. The molecule has 3 aromatic rings. The van der Waals surface area contributed by atoms with Crippen molar-refractivity contribution >= 4 is 38.5 Å². The smallest absolute Gasteiger partial charge is 0.261 e. The number of fused-ring (bicyclic) bond motifs is 1. The third kappa shape index (κ3) is 6.50. The number of nitrogens with zero attached hydrogens (tertiary/aromatic N) is 1. The first-order valence-electron chi connectivity index (χ1n) is 11.4. The number of methoxy groups -OCH3 is 1. The van der Waals surface area contributed by atoms with E-state index in [-0.39, 0.29) is 25.0 Å². The van der Waals surface area contributed by atoms with E-state index in [0.29, 0.717) is 12.3 Å². The second kappa shape index (κ2) is 12.4. The Morgan fingerprint density at radius 3 is 2.50 bits per heavy atom. The molecule has 0 saturated heterocycles. The Kier molecular flexibility index (Phi) is 9.33. The molecule has 0 aromatic heterocycles. The Morgan fingerprint density at radius 1 is 1.06 bits per heavy atom. The van der Waals surface area contributed by atoms with Gasteiger partial charge in [-0.1, -0.05) is 55.8 Å². The highest BCUT2D eigenvalue weighted by atomic mass is 79.9. The molecule has 0 aliphatic rings. The zero-order valence-electron chi connectivity index (χ0n) is 19.8. The van der Waals surface area contributed by atoms with Crippen molar-refractivity contribution in [3.8, 4) is 11.5 Å². The lowest BCUT2D eigenvalue weighted by Crippen LogP contribution is -2.49. The van der Waals surface area contributed by atoms with Crippen molar-refractivity contribution < 1.29 is 19.1 Å². The van der Waals surface area contributed by atoms with Gasteiger partial charge in [0.05, 0.1) is 11.6 Å². The average molecular weight is 527 g/mol. The van der Waals surface area contributed by atoms with Crippen LogP contribution in [0.2, 0.25) is 0 Å². The Labute approximate surface area is 209 Å². The zero-order chi connectivity index (χ0) is 24.5. The molecular weight excluding hydrogens is 496 g/mol. The summed E-state index contributed by atoms with van der Waals surface area (Å²) in [6, 6.07) is 18.6. The highest BCUT2D eigenvalue weighted by Gasteiger charge is 2.26. The van der Waals surface area contributed by atoms with Crippen molar-refractivity contribution in [2.45, 2.75) is 39.3 Å². The molecule has 0 spiro atoms. The number of carbonyl (C=O) groups excluding carboxylic acids is 2. The van der Waals surface area contributed by atoms with Gasteiger partial charge >= 0.3 is 0 Å². The lowest BCUT2D eigenvalue weighted by molar-refractivity contribution is -0.142. The van der Waals surface area contributed by atoms with Crippen LogP contribution in [0.25, 0.3) is 10.8 Å².